The van der Waals surface area contributed by atoms with Crippen LogP contribution in [0.4, 0.5) is 0 Å². The van der Waals surface area contributed by atoms with Crippen LogP contribution in [-0.2, 0) is 0 Å². The Hall–Kier alpha value is -1.31. The summed E-state index contributed by atoms with van der Waals surface area (Å²) in [4.78, 5) is 14.1. The molecule has 2 heteroatoms. The van der Waals surface area contributed by atoms with Crippen LogP contribution in [-0.4, -0.2) is 23.9 Å². The normalized spacial score (nSPS) is 17.5. The van der Waals surface area contributed by atoms with E-state index in [9.17, 15) is 4.79 Å². The van der Waals surface area contributed by atoms with E-state index in [2.05, 4.69) is 6.92 Å². The fraction of sp³-hybridized carbons (Fsp3) is 0.500. The molecule has 0 bridgehead atoms. The van der Waals surface area contributed by atoms with Crippen LogP contribution in [0.3, 0.4) is 0 Å². The molecule has 1 aromatic carbocycles. The first-order valence-electron chi connectivity index (χ1n) is 6.03. The molecule has 1 saturated heterocycles. The molecule has 0 saturated carbocycles. The van der Waals surface area contributed by atoms with Crippen LogP contribution in [0.2, 0.25) is 0 Å². The standard InChI is InChI=1S/C14H19NO/c1-11-3-5-13(6-4-11)14(16)15-9-7-12(2)8-10-15/h3-6,12H,7-10H2,1-2H3. The van der Waals surface area contributed by atoms with Gasteiger partial charge in [-0.2, -0.15) is 0 Å². The van der Waals surface area contributed by atoms with E-state index in [1.165, 1.54) is 5.56 Å². The quantitative estimate of drug-likeness (QED) is 0.708. The van der Waals surface area contributed by atoms with E-state index in [-0.39, 0.29) is 5.91 Å². The summed E-state index contributed by atoms with van der Waals surface area (Å²) in [5.41, 5.74) is 2.02. The van der Waals surface area contributed by atoms with Crippen molar-refractivity contribution >= 4 is 5.91 Å². The molecule has 86 valence electrons. The molecule has 16 heavy (non-hydrogen) atoms. The van der Waals surface area contributed by atoms with Gasteiger partial charge in [0, 0.05) is 18.7 Å². The monoisotopic (exact) mass is 217 g/mol. The summed E-state index contributed by atoms with van der Waals surface area (Å²) < 4.78 is 0. The molecular weight excluding hydrogens is 198 g/mol. The molecule has 1 aliphatic heterocycles. The largest absolute Gasteiger partial charge is 0.339 e. The van der Waals surface area contributed by atoms with Gasteiger partial charge in [-0.25, -0.2) is 0 Å². The molecule has 2 rings (SSSR count). The van der Waals surface area contributed by atoms with Gasteiger partial charge in [-0.1, -0.05) is 24.6 Å². The highest BCUT2D eigenvalue weighted by Crippen LogP contribution is 2.18. The Morgan fingerprint density at radius 3 is 2.31 bits per heavy atom. The van der Waals surface area contributed by atoms with E-state index in [1.807, 2.05) is 36.1 Å². The Labute approximate surface area is 97.3 Å². The van der Waals surface area contributed by atoms with Crippen molar-refractivity contribution < 1.29 is 4.79 Å². The second-order valence-corrected chi connectivity index (χ2v) is 4.84. The molecule has 1 heterocycles. The average molecular weight is 217 g/mol. The fourth-order valence-corrected chi connectivity index (χ4v) is 2.09. The minimum absolute atomic E-state index is 0.187. The Morgan fingerprint density at radius 1 is 1.19 bits per heavy atom. The maximum atomic E-state index is 12.1. The van der Waals surface area contributed by atoms with Crippen molar-refractivity contribution in [1.29, 1.82) is 0 Å². The number of amides is 1. The summed E-state index contributed by atoms with van der Waals surface area (Å²) in [6, 6.07) is 7.85. The highest BCUT2D eigenvalue weighted by molar-refractivity contribution is 5.94. The van der Waals surface area contributed by atoms with Crippen LogP contribution >= 0.6 is 0 Å². The van der Waals surface area contributed by atoms with Gasteiger partial charge in [0.2, 0.25) is 0 Å². The zero-order valence-corrected chi connectivity index (χ0v) is 10.1. The van der Waals surface area contributed by atoms with Gasteiger partial charge in [0.25, 0.3) is 5.91 Å². The second-order valence-electron chi connectivity index (χ2n) is 4.84. The van der Waals surface area contributed by atoms with Crippen LogP contribution in [0.1, 0.15) is 35.7 Å². The molecule has 0 atom stereocenters. The second kappa shape index (κ2) is 4.69. The first-order chi connectivity index (χ1) is 7.66. The molecule has 0 radical (unpaired) electrons. The zero-order valence-electron chi connectivity index (χ0n) is 10.1. The molecule has 0 unspecified atom stereocenters. The summed E-state index contributed by atoms with van der Waals surface area (Å²) >= 11 is 0. The zero-order chi connectivity index (χ0) is 11.5. The van der Waals surface area contributed by atoms with E-state index in [1.54, 1.807) is 0 Å². The van der Waals surface area contributed by atoms with E-state index >= 15 is 0 Å². The lowest BCUT2D eigenvalue weighted by Crippen LogP contribution is -2.37. The number of benzene rings is 1. The summed E-state index contributed by atoms with van der Waals surface area (Å²) in [5.74, 6) is 0.953. The number of carbonyl (C=O) groups is 1. The first-order valence-corrected chi connectivity index (χ1v) is 6.03. The summed E-state index contributed by atoms with van der Waals surface area (Å²) in [6.45, 7) is 6.12. The molecule has 0 N–H and O–H groups in total. The smallest absolute Gasteiger partial charge is 0.253 e. The average Bonchev–Trinajstić information content (AvgIpc) is 2.30. The van der Waals surface area contributed by atoms with Crippen LogP contribution in [0.15, 0.2) is 24.3 Å². The van der Waals surface area contributed by atoms with Gasteiger partial charge in [-0.05, 0) is 37.8 Å². The Balaban J connectivity index is 2.05. The molecule has 0 aliphatic carbocycles. The molecule has 1 aliphatic rings. The third kappa shape index (κ3) is 2.43. The molecule has 1 fully saturated rings. The molecule has 1 aromatic rings. The third-order valence-electron chi connectivity index (χ3n) is 3.37. The number of aryl methyl sites for hydroxylation is 1. The van der Waals surface area contributed by atoms with Gasteiger partial charge >= 0.3 is 0 Å². The maximum absolute atomic E-state index is 12.1. The van der Waals surface area contributed by atoms with Crippen LogP contribution in [0.25, 0.3) is 0 Å². The van der Waals surface area contributed by atoms with Gasteiger partial charge in [0.1, 0.15) is 0 Å². The summed E-state index contributed by atoms with van der Waals surface area (Å²) in [5, 5.41) is 0. The highest BCUT2D eigenvalue weighted by atomic mass is 16.2. The Morgan fingerprint density at radius 2 is 1.75 bits per heavy atom. The number of hydrogen-bond donors (Lipinski definition) is 0. The van der Waals surface area contributed by atoms with Crippen molar-refractivity contribution in [2.24, 2.45) is 5.92 Å². The van der Waals surface area contributed by atoms with Gasteiger partial charge in [0.05, 0.1) is 0 Å². The predicted octanol–water partition coefficient (Wildman–Crippen LogP) is 2.87. The van der Waals surface area contributed by atoms with Crippen molar-refractivity contribution in [2.75, 3.05) is 13.1 Å². The number of rotatable bonds is 1. The SMILES string of the molecule is Cc1ccc(C(=O)N2CCC(C)CC2)cc1. The van der Waals surface area contributed by atoms with Crippen LogP contribution in [0.5, 0.6) is 0 Å². The van der Waals surface area contributed by atoms with Crippen molar-refractivity contribution in [1.82, 2.24) is 4.90 Å². The van der Waals surface area contributed by atoms with Gasteiger partial charge in [0.15, 0.2) is 0 Å². The lowest BCUT2D eigenvalue weighted by atomic mass is 9.98. The minimum Gasteiger partial charge on any atom is -0.339 e. The summed E-state index contributed by atoms with van der Waals surface area (Å²) in [6.07, 6.45) is 2.27. The van der Waals surface area contributed by atoms with E-state index in [0.29, 0.717) is 0 Å². The number of likely N-dealkylation sites (tertiary alicyclic amines) is 1. The lowest BCUT2D eigenvalue weighted by molar-refractivity contribution is 0.0697. The highest BCUT2D eigenvalue weighted by Gasteiger charge is 2.20. The topological polar surface area (TPSA) is 20.3 Å². The number of piperidine rings is 1. The van der Waals surface area contributed by atoms with Gasteiger partial charge < -0.3 is 4.90 Å². The van der Waals surface area contributed by atoms with E-state index in [0.717, 1.165) is 37.4 Å². The van der Waals surface area contributed by atoms with E-state index in [4.69, 9.17) is 0 Å². The summed E-state index contributed by atoms with van der Waals surface area (Å²) in [7, 11) is 0. The van der Waals surface area contributed by atoms with Gasteiger partial charge in [-0.15, -0.1) is 0 Å². The number of hydrogen-bond acceptors (Lipinski definition) is 1. The van der Waals surface area contributed by atoms with Crippen molar-refractivity contribution in [2.45, 2.75) is 26.7 Å². The van der Waals surface area contributed by atoms with Crippen LogP contribution in [0, 0.1) is 12.8 Å². The van der Waals surface area contributed by atoms with Crippen molar-refractivity contribution in [3.8, 4) is 0 Å². The molecular formula is C14H19NO. The van der Waals surface area contributed by atoms with Gasteiger partial charge in [-0.3, -0.25) is 4.79 Å². The predicted molar refractivity (Wildman–Crippen MR) is 65.5 cm³/mol. The fourth-order valence-electron chi connectivity index (χ4n) is 2.09. The van der Waals surface area contributed by atoms with Crippen molar-refractivity contribution in [3.63, 3.8) is 0 Å². The minimum atomic E-state index is 0.187. The third-order valence-corrected chi connectivity index (χ3v) is 3.37. The Bertz CT molecular complexity index is 361. The van der Waals surface area contributed by atoms with E-state index < -0.39 is 0 Å². The molecule has 2 nitrogen and oxygen atoms in total. The van der Waals surface area contributed by atoms with Crippen LogP contribution < -0.4 is 0 Å². The molecule has 0 aromatic heterocycles. The van der Waals surface area contributed by atoms with Crippen molar-refractivity contribution in [3.05, 3.63) is 35.4 Å². The first kappa shape index (κ1) is 11.2. The maximum Gasteiger partial charge on any atom is 0.253 e. The molecule has 1 amide bonds. The Kier molecular flexibility index (Phi) is 3.28. The molecule has 0 spiro atoms. The number of nitrogens with zero attached hydrogens (tertiary/aromatic N) is 1. The number of carbonyl (C=O) groups excluding carboxylic acids is 1. The lowest BCUT2D eigenvalue weighted by Gasteiger charge is -2.30.